The van der Waals surface area contributed by atoms with Gasteiger partial charge in [0, 0.05) is 30.6 Å². The second kappa shape index (κ2) is 7.73. The fourth-order valence-electron chi connectivity index (χ4n) is 4.12. The van der Waals surface area contributed by atoms with Gasteiger partial charge in [0.25, 0.3) is 0 Å². The molecule has 1 aliphatic heterocycles. The first kappa shape index (κ1) is 18.5. The SMILES string of the molecule is COc1ccc(-c2cc(C3CC3)c3cc(CN4CCOCC4)ccc3n2)cc1F. The molecule has 0 spiro atoms. The Bertz CT molecular complexity index is 1040. The molecule has 2 aromatic carbocycles. The van der Waals surface area contributed by atoms with Crippen molar-refractivity contribution in [3.63, 3.8) is 0 Å². The minimum Gasteiger partial charge on any atom is -0.494 e. The van der Waals surface area contributed by atoms with Crippen LogP contribution in [0.1, 0.15) is 29.9 Å². The Labute approximate surface area is 170 Å². The zero-order valence-corrected chi connectivity index (χ0v) is 16.7. The van der Waals surface area contributed by atoms with Crippen LogP contribution in [0.5, 0.6) is 5.75 Å². The number of benzene rings is 2. The van der Waals surface area contributed by atoms with Crippen LogP contribution in [-0.4, -0.2) is 43.3 Å². The van der Waals surface area contributed by atoms with Crippen LogP contribution in [0, 0.1) is 5.82 Å². The third kappa shape index (κ3) is 3.85. The summed E-state index contributed by atoms with van der Waals surface area (Å²) in [5.74, 6) is 0.478. The van der Waals surface area contributed by atoms with Crippen molar-refractivity contribution in [1.29, 1.82) is 0 Å². The normalized spacial score (nSPS) is 17.6. The first-order chi connectivity index (χ1) is 14.2. The number of morpholine rings is 1. The summed E-state index contributed by atoms with van der Waals surface area (Å²) in [6, 6.07) is 13.8. The Morgan fingerprint density at radius 3 is 2.66 bits per heavy atom. The predicted molar refractivity (Wildman–Crippen MR) is 112 cm³/mol. The number of fused-ring (bicyclic) bond motifs is 1. The topological polar surface area (TPSA) is 34.6 Å². The lowest BCUT2D eigenvalue weighted by Crippen LogP contribution is -2.35. The van der Waals surface area contributed by atoms with Crippen LogP contribution >= 0.6 is 0 Å². The number of aromatic nitrogens is 1. The van der Waals surface area contributed by atoms with E-state index < -0.39 is 0 Å². The van der Waals surface area contributed by atoms with Crippen LogP contribution in [0.4, 0.5) is 4.39 Å². The molecule has 2 aliphatic rings. The Balaban J connectivity index is 1.53. The monoisotopic (exact) mass is 392 g/mol. The van der Waals surface area contributed by atoms with E-state index in [1.54, 1.807) is 6.07 Å². The summed E-state index contributed by atoms with van der Waals surface area (Å²) in [6.45, 7) is 4.52. The van der Waals surface area contributed by atoms with Gasteiger partial charge in [0.05, 0.1) is 31.5 Å². The van der Waals surface area contributed by atoms with Crippen molar-refractivity contribution < 1.29 is 13.9 Å². The maximum Gasteiger partial charge on any atom is 0.165 e. The molecule has 5 rings (SSSR count). The van der Waals surface area contributed by atoms with Crippen molar-refractivity contribution in [1.82, 2.24) is 9.88 Å². The third-order valence-corrected chi connectivity index (χ3v) is 5.88. The van der Waals surface area contributed by atoms with E-state index in [1.165, 1.54) is 42.5 Å². The zero-order chi connectivity index (χ0) is 19.8. The minimum absolute atomic E-state index is 0.254. The van der Waals surface area contributed by atoms with E-state index >= 15 is 0 Å². The summed E-state index contributed by atoms with van der Waals surface area (Å²) in [4.78, 5) is 7.29. The van der Waals surface area contributed by atoms with E-state index in [9.17, 15) is 4.39 Å². The highest BCUT2D eigenvalue weighted by Gasteiger charge is 2.27. The molecule has 0 unspecified atom stereocenters. The molecule has 2 heterocycles. The van der Waals surface area contributed by atoms with Gasteiger partial charge in [-0.2, -0.15) is 0 Å². The summed E-state index contributed by atoms with van der Waals surface area (Å²) in [5.41, 5.74) is 5.23. The molecular formula is C24H25FN2O2. The van der Waals surface area contributed by atoms with E-state index in [1.807, 2.05) is 6.07 Å². The van der Waals surface area contributed by atoms with Crippen LogP contribution in [0.25, 0.3) is 22.2 Å². The number of halogens is 1. The van der Waals surface area contributed by atoms with E-state index in [2.05, 4.69) is 29.2 Å². The standard InChI is InChI=1S/C24H25FN2O2/c1-28-24-7-5-18(13-21(24)25)23-14-19(17-3-4-17)20-12-16(2-6-22(20)26-23)15-27-8-10-29-11-9-27/h2,5-7,12-14,17H,3-4,8-11,15H2,1H3. The first-order valence-corrected chi connectivity index (χ1v) is 10.3. The number of methoxy groups -OCH3 is 1. The van der Waals surface area contributed by atoms with Crippen molar-refractivity contribution in [2.45, 2.75) is 25.3 Å². The van der Waals surface area contributed by atoms with Crippen LogP contribution in [0.2, 0.25) is 0 Å². The Morgan fingerprint density at radius 1 is 1.10 bits per heavy atom. The van der Waals surface area contributed by atoms with Crippen LogP contribution in [-0.2, 0) is 11.3 Å². The number of rotatable bonds is 5. The molecule has 2 fully saturated rings. The molecule has 0 N–H and O–H groups in total. The number of hydrogen-bond donors (Lipinski definition) is 0. The van der Waals surface area contributed by atoms with Gasteiger partial charge in [0.2, 0.25) is 0 Å². The fraction of sp³-hybridized carbons (Fsp3) is 0.375. The highest BCUT2D eigenvalue weighted by Crippen LogP contribution is 2.44. The van der Waals surface area contributed by atoms with Crippen molar-refractivity contribution in [3.8, 4) is 17.0 Å². The minimum atomic E-state index is -0.360. The maximum absolute atomic E-state index is 14.2. The van der Waals surface area contributed by atoms with E-state index in [-0.39, 0.29) is 11.6 Å². The Morgan fingerprint density at radius 2 is 1.93 bits per heavy atom. The molecule has 5 heteroatoms. The largest absolute Gasteiger partial charge is 0.494 e. The summed E-state index contributed by atoms with van der Waals surface area (Å²) in [7, 11) is 1.48. The van der Waals surface area contributed by atoms with Gasteiger partial charge in [-0.25, -0.2) is 9.37 Å². The molecule has 150 valence electrons. The van der Waals surface area contributed by atoms with E-state index in [0.29, 0.717) is 5.92 Å². The molecule has 0 amide bonds. The third-order valence-electron chi connectivity index (χ3n) is 5.88. The highest BCUT2D eigenvalue weighted by molar-refractivity contribution is 5.86. The van der Waals surface area contributed by atoms with Gasteiger partial charge in [-0.05, 0) is 66.3 Å². The second-order valence-electron chi connectivity index (χ2n) is 7.96. The molecule has 1 aliphatic carbocycles. The maximum atomic E-state index is 14.2. The van der Waals surface area contributed by atoms with Crippen LogP contribution in [0.15, 0.2) is 42.5 Å². The van der Waals surface area contributed by atoms with Gasteiger partial charge in [-0.15, -0.1) is 0 Å². The Kier molecular flexibility index (Phi) is 4.94. The number of hydrogen-bond acceptors (Lipinski definition) is 4. The van der Waals surface area contributed by atoms with Crippen molar-refractivity contribution in [3.05, 3.63) is 59.4 Å². The molecule has 0 atom stereocenters. The summed E-state index contributed by atoms with van der Waals surface area (Å²) >= 11 is 0. The van der Waals surface area contributed by atoms with Crippen molar-refractivity contribution in [2.24, 2.45) is 0 Å². The van der Waals surface area contributed by atoms with Crippen molar-refractivity contribution >= 4 is 10.9 Å². The average Bonchev–Trinajstić information content (AvgIpc) is 3.59. The van der Waals surface area contributed by atoms with Gasteiger partial charge in [0.15, 0.2) is 11.6 Å². The molecular weight excluding hydrogens is 367 g/mol. The Hall–Kier alpha value is -2.50. The van der Waals surface area contributed by atoms with Crippen LogP contribution < -0.4 is 4.74 Å². The smallest absolute Gasteiger partial charge is 0.165 e. The molecule has 0 bridgehead atoms. The lowest BCUT2D eigenvalue weighted by molar-refractivity contribution is 0.0342. The number of pyridine rings is 1. The summed E-state index contributed by atoms with van der Waals surface area (Å²) in [5, 5.41) is 1.23. The molecule has 0 radical (unpaired) electrons. The first-order valence-electron chi connectivity index (χ1n) is 10.3. The second-order valence-corrected chi connectivity index (χ2v) is 7.96. The molecule has 3 aromatic rings. The molecule has 1 saturated carbocycles. The summed E-state index contributed by atoms with van der Waals surface area (Å²) in [6.07, 6.45) is 2.42. The average molecular weight is 392 g/mol. The van der Waals surface area contributed by atoms with Gasteiger partial charge in [-0.3, -0.25) is 4.90 Å². The quantitative estimate of drug-likeness (QED) is 0.627. The lowest BCUT2D eigenvalue weighted by atomic mass is 9.99. The van der Waals surface area contributed by atoms with E-state index in [0.717, 1.165) is 49.6 Å². The molecule has 4 nitrogen and oxygen atoms in total. The van der Waals surface area contributed by atoms with E-state index in [4.69, 9.17) is 14.5 Å². The van der Waals surface area contributed by atoms with Crippen LogP contribution in [0.3, 0.4) is 0 Å². The van der Waals surface area contributed by atoms with Crippen molar-refractivity contribution in [2.75, 3.05) is 33.4 Å². The van der Waals surface area contributed by atoms with Gasteiger partial charge < -0.3 is 9.47 Å². The highest BCUT2D eigenvalue weighted by atomic mass is 19.1. The molecule has 1 saturated heterocycles. The number of nitrogens with zero attached hydrogens (tertiary/aromatic N) is 2. The molecule has 1 aromatic heterocycles. The lowest BCUT2D eigenvalue weighted by Gasteiger charge is -2.26. The number of ether oxygens (including phenoxy) is 2. The van der Waals surface area contributed by atoms with Gasteiger partial charge in [-0.1, -0.05) is 6.07 Å². The predicted octanol–water partition coefficient (Wildman–Crippen LogP) is 4.76. The molecule has 29 heavy (non-hydrogen) atoms. The summed E-state index contributed by atoms with van der Waals surface area (Å²) < 4.78 is 24.7. The fourth-order valence-corrected chi connectivity index (χ4v) is 4.12. The van der Waals surface area contributed by atoms with Gasteiger partial charge in [0.1, 0.15) is 0 Å². The van der Waals surface area contributed by atoms with Gasteiger partial charge >= 0.3 is 0 Å². The zero-order valence-electron chi connectivity index (χ0n) is 16.7.